The first kappa shape index (κ1) is 24.7. The van der Waals surface area contributed by atoms with E-state index in [2.05, 4.69) is 19.9 Å². The molecule has 0 spiro atoms. The topological polar surface area (TPSA) is 33.0 Å². The van der Waals surface area contributed by atoms with Crippen molar-refractivity contribution in [2.45, 2.75) is 142 Å². The van der Waals surface area contributed by atoms with Gasteiger partial charge in [-0.25, -0.2) is 0 Å². The molecule has 0 aliphatic heterocycles. The highest BCUT2D eigenvalue weighted by molar-refractivity contribution is 5.01. The number of nitrogens with zero attached hydrogens (tertiary/aromatic N) is 1. The Bertz CT molecular complexity index is 438. The fourth-order valence-corrected chi connectivity index (χ4v) is 5.61. The van der Waals surface area contributed by atoms with Crippen LogP contribution in [0.25, 0.3) is 0 Å². The summed E-state index contributed by atoms with van der Waals surface area (Å²) in [6, 6.07) is 2.70. The Hall–Kier alpha value is -0.550. The molecule has 2 rings (SSSR count). The summed E-state index contributed by atoms with van der Waals surface area (Å²) in [4.78, 5) is 0. The second-order valence-electron chi connectivity index (χ2n) is 10.3. The van der Waals surface area contributed by atoms with Crippen molar-refractivity contribution in [1.82, 2.24) is 0 Å². The van der Waals surface area contributed by atoms with Crippen molar-refractivity contribution in [3.05, 3.63) is 0 Å². The van der Waals surface area contributed by atoms with Crippen LogP contribution in [0.1, 0.15) is 136 Å². The third-order valence-electron chi connectivity index (χ3n) is 7.89. The fraction of sp³-hybridized carbons (Fsp3) is 0.963. The van der Waals surface area contributed by atoms with Crippen LogP contribution in [0, 0.1) is 28.6 Å². The molecule has 2 aliphatic carbocycles. The highest BCUT2D eigenvalue weighted by Crippen LogP contribution is 2.41. The number of rotatable bonds is 14. The molecule has 29 heavy (non-hydrogen) atoms. The van der Waals surface area contributed by atoms with E-state index >= 15 is 0 Å². The molecule has 0 atom stereocenters. The van der Waals surface area contributed by atoms with Gasteiger partial charge in [0.05, 0.1) is 17.6 Å². The average Bonchev–Trinajstić information content (AvgIpc) is 2.77. The van der Waals surface area contributed by atoms with Crippen molar-refractivity contribution in [3.63, 3.8) is 0 Å². The largest absolute Gasteiger partial charge is 0.378 e. The predicted octanol–water partition coefficient (Wildman–Crippen LogP) is 8.59. The van der Waals surface area contributed by atoms with E-state index in [-0.39, 0.29) is 5.41 Å². The number of nitriles is 1. The van der Waals surface area contributed by atoms with Crippen LogP contribution in [-0.2, 0) is 4.74 Å². The van der Waals surface area contributed by atoms with Gasteiger partial charge in [-0.05, 0) is 56.8 Å². The third kappa shape index (κ3) is 9.42. The van der Waals surface area contributed by atoms with Gasteiger partial charge >= 0.3 is 0 Å². The molecule has 2 nitrogen and oxygen atoms in total. The van der Waals surface area contributed by atoms with Gasteiger partial charge in [0.15, 0.2) is 0 Å². The zero-order chi connectivity index (χ0) is 20.8. The van der Waals surface area contributed by atoms with Crippen molar-refractivity contribution in [3.8, 4) is 6.07 Å². The third-order valence-corrected chi connectivity index (χ3v) is 7.89. The molecule has 2 saturated carbocycles. The Morgan fingerprint density at radius 1 is 0.759 bits per heavy atom. The van der Waals surface area contributed by atoms with Gasteiger partial charge in [-0.15, -0.1) is 0 Å². The molecule has 0 aromatic carbocycles. The summed E-state index contributed by atoms with van der Waals surface area (Å²) in [5.41, 5.74) is -0.0389. The van der Waals surface area contributed by atoms with Gasteiger partial charge in [-0.1, -0.05) is 90.9 Å². The van der Waals surface area contributed by atoms with Crippen LogP contribution in [0.15, 0.2) is 0 Å². The van der Waals surface area contributed by atoms with Crippen LogP contribution in [0.3, 0.4) is 0 Å². The maximum absolute atomic E-state index is 9.76. The van der Waals surface area contributed by atoms with E-state index < -0.39 is 0 Å². The second kappa shape index (κ2) is 14.5. The van der Waals surface area contributed by atoms with Gasteiger partial charge in [0.1, 0.15) is 0 Å². The SMILES string of the molecule is CCCCCCCC1CCC(COC2CCC(C#N)(CCCCCC)CC2)CC1. The van der Waals surface area contributed by atoms with E-state index in [1.54, 1.807) is 0 Å². The summed E-state index contributed by atoms with van der Waals surface area (Å²) < 4.78 is 6.35. The monoisotopic (exact) mass is 403 g/mol. The second-order valence-corrected chi connectivity index (χ2v) is 10.3. The van der Waals surface area contributed by atoms with Crippen molar-refractivity contribution in [1.29, 1.82) is 5.26 Å². The maximum Gasteiger partial charge on any atom is 0.0689 e. The van der Waals surface area contributed by atoms with Crippen LogP contribution >= 0.6 is 0 Å². The molecule has 2 heteroatoms. The first-order valence-corrected chi connectivity index (χ1v) is 13.2. The van der Waals surface area contributed by atoms with E-state index in [9.17, 15) is 5.26 Å². The van der Waals surface area contributed by atoms with Gasteiger partial charge in [-0.2, -0.15) is 5.26 Å². The first-order chi connectivity index (χ1) is 14.2. The molecule has 2 aliphatic rings. The van der Waals surface area contributed by atoms with Crippen molar-refractivity contribution < 1.29 is 4.74 Å². The summed E-state index contributed by atoms with van der Waals surface area (Å²) in [7, 11) is 0. The Balaban J connectivity index is 1.55. The molecule has 0 saturated heterocycles. The zero-order valence-electron chi connectivity index (χ0n) is 19.7. The molecule has 0 heterocycles. The van der Waals surface area contributed by atoms with Gasteiger partial charge in [0, 0.05) is 6.61 Å². The molecular weight excluding hydrogens is 354 g/mol. The molecule has 0 aromatic rings. The van der Waals surface area contributed by atoms with Gasteiger partial charge in [0.25, 0.3) is 0 Å². The maximum atomic E-state index is 9.76. The molecule has 0 unspecified atom stereocenters. The lowest BCUT2D eigenvalue weighted by molar-refractivity contribution is -0.0185. The number of ether oxygens (including phenoxy) is 1. The predicted molar refractivity (Wildman–Crippen MR) is 124 cm³/mol. The lowest BCUT2D eigenvalue weighted by Gasteiger charge is -2.36. The summed E-state index contributed by atoms with van der Waals surface area (Å²) >= 11 is 0. The lowest BCUT2D eigenvalue weighted by atomic mass is 9.71. The quantitative estimate of drug-likeness (QED) is 0.272. The molecule has 0 aromatic heterocycles. The molecule has 0 N–H and O–H groups in total. The summed E-state index contributed by atoms with van der Waals surface area (Å²) in [6.45, 7) is 5.53. The smallest absolute Gasteiger partial charge is 0.0689 e. The lowest BCUT2D eigenvalue weighted by Crippen LogP contribution is -2.31. The highest BCUT2D eigenvalue weighted by atomic mass is 16.5. The standard InChI is InChI=1S/C27H49NO/c1-3-5-7-9-10-12-24-13-15-25(16-14-24)22-29-26-17-20-27(23-28,21-18-26)19-11-8-6-4-2/h24-26H,3-22H2,1-2H3. The van der Waals surface area contributed by atoms with Crippen molar-refractivity contribution in [2.75, 3.05) is 6.61 Å². The first-order valence-electron chi connectivity index (χ1n) is 13.2. The minimum absolute atomic E-state index is 0.0389. The van der Waals surface area contributed by atoms with Crippen LogP contribution < -0.4 is 0 Å². The average molecular weight is 404 g/mol. The normalized spacial score (nSPS) is 30.2. The molecule has 2 fully saturated rings. The van der Waals surface area contributed by atoms with Crippen LogP contribution in [0.4, 0.5) is 0 Å². The molecule has 0 radical (unpaired) electrons. The van der Waals surface area contributed by atoms with E-state index in [0.717, 1.165) is 50.5 Å². The number of hydrogen-bond acceptors (Lipinski definition) is 2. The fourth-order valence-electron chi connectivity index (χ4n) is 5.61. The van der Waals surface area contributed by atoms with Gasteiger partial charge < -0.3 is 4.74 Å². The Kier molecular flexibility index (Phi) is 12.3. The summed E-state index contributed by atoms with van der Waals surface area (Å²) in [5, 5.41) is 9.76. The summed E-state index contributed by atoms with van der Waals surface area (Å²) in [5.74, 6) is 1.79. The van der Waals surface area contributed by atoms with Crippen LogP contribution in [0.2, 0.25) is 0 Å². The Labute approximate surface area is 182 Å². The van der Waals surface area contributed by atoms with E-state index in [4.69, 9.17) is 4.74 Å². The van der Waals surface area contributed by atoms with Crippen LogP contribution in [-0.4, -0.2) is 12.7 Å². The van der Waals surface area contributed by atoms with E-state index in [0.29, 0.717) is 6.10 Å². The molecule has 168 valence electrons. The minimum Gasteiger partial charge on any atom is -0.378 e. The van der Waals surface area contributed by atoms with Crippen molar-refractivity contribution >= 4 is 0 Å². The highest BCUT2D eigenvalue weighted by Gasteiger charge is 2.35. The molecule has 0 amide bonds. The molecule has 0 bridgehead atoms. The van der Waals surface area contributed by atoms with Gasteiger partial charge in [0.2, 0.25) is 0 Å². The zero-order valence-corrected chi connectivity index (χ0v) is 19.7. The van der Waals surface area contributed by atoms with E-state index in [1.165, 1.54) is 89.9 Å². The van der Waals surface area contributed by atoms with Crippen LogP contribution in [0.5, 0.6) is 0 Å². The Morgan fingerprint density at radius 2 is 1.34 bits per heavy atom. The molecular formula is C27H49NO. The van der Waals surface area contributed by atoms with Crippen molar-refractivity contribution in [2.24, 2.45) is 17.3 Å². The minimum atomic E-state index is -0.0389. The van der Waals surface area contributed by atoms with Gasteiger partial charge in [-0.3, -0.25) is 0 Å². The number of unbranched alkanes of at least 4 members (excludes halogenated alkanes) is 7. The summed E-state index contributed by atoms with van der Waals surface area (Å²) in [6.07, 6.45) is 25.2. The number of hydrogen-bond donors (Lipinski definition) is 0. The Morgan fingerprint density at radius 3 is 1.97 bits per heavy atom. The van der Waals surface area contributed by atoms with E-state index in [1.807, 2.05) is 0 Å².